The number of hydrogen-bond acceptors (Lipinski definition) is 4. The van der Waals surface area contributed by atoms with Crippen LogP contribution in [0.4, 0.5) is 17.1 Å². The van der Waals surface area contributed by atoms with Gasteiger partial charge in [0.15, 0.2) is 0 Å². The summed E-state index contributed by atoms with van der Waals surface area (Å²) in [5, 5.41) is 3.03. The average Bonchev–Trinajstić information content (AvgIpc) is 2.55. The number of ether oxygens (including phenoxy) is 1. The van der Waals surface area contributed by atoms with E-state index in [1.165, 1.54) is 0 Å². The zero-order valence-electron chi connectivity index (χ0n) is 15.2. The number of nitrogens with zero attached hydrogens (tertiary/aromatic N) is 1. The number of nitrogens with two attached hydrogens (primary N) is 1. The molecule has 1 unspecified atom stereocenters. The number of anilines is 3. The molecule has 25 heavy (non-hydrogen) atoms. The molecule has 0 saturated carbocycles. The fourth-order valence-electron chi connectivity index (χ4n) is 3.11. The Labute approximate surface area is 148 Å². The third-order valence-corrected chi connectivity index (χ3v) is 4.48. The van der Waals surface area contributed by atoms with Crippen molar-refractivity contribution in [2.45, 2.75) is 39.3 Å². The largest absolute Gasteiger partial charge is 0.484 e. The van der Waals surface area contributed by atoms with E-state index < -0.39 is 0 Å². The number of aryl methyl sites for hydroxylation is 1. The van der Waals surface area contributed by atoms with Gasteiger partial charge in [-0.05, 0) is 57.5 Å². The molecule has 3 N–H and O–H groups in total. The van der Waals surface area contributed by atoms with Crippen molar-refractivity contribution >= 4 is 23.0 Å². The Morgan fingerprint density at radius 3 is 2.72 bits per heavy atom. The maximum absolute atomic E-state index is 12.8. The molecule has 3 rings (SSSR count). The molecule has 0 saturated heterocycles. The Hall–Kier alpha value is -2.69. The second kappa shape index (κ2) is 6.31. The lowest BCUT2D eigenvalue weighted by Crippen LogP contribution is -2.53. The van der Waals surface area contributed by atoms with E-state index >= 15 is 0 Å². The summed E-state index contributed by atoms with van der Waals surface area (Å²) in [6.07, 6.45) is 0. The number of benzene rings is 2. The molecule has 0 aliphatic carbocycles. The van der Waals surface area contributed by atoms with Crippen LogP contribution in [0.3, 0.4) is 0 Å². The fraction of sp³-hybridized carbons (Fsp3) is 0.350. The summed E-state index contributed by atoms with van der Waals surface area (Å²) < 4.78 is 6.04. The van der Waals surface area contributed by atoms with Gasteiger partial charge in [-0.2, -0.15) is 0 Å². The number of carbonyl (C=O) groups is 1. The zero-order valence-corrected chi connectivity index (χ0v) is 15.2. The van der Waals surface area contributed by atoms with Crippen molar-refractivity contribution in [2.24, 2.45) is 0 Å². The maximum atomic E-state index is 12.8. The summed E-state index contributed by atoms with van der Waals surface area (Å²) in [6.45, 7) is 8.53. The van der Waals surface area contributed by atoms with E-state index in [9.17, 15) is 4.79 Å². The van der Waals surface area contributed by atoms with Gasteiger partial charge in [0, 0.05) is 11.4 Å². The van der Waals surface area contributed by atoms with Crippen LogP contribution in [-0.4, -0.2) is 24.1 Å². The van der Waals surface area contributed by atoms with Crippen LogP contribution in [0.1, 0.15) is 26.3 Å². The molecule has 132 valence electrons. The first-order valence-electron chi connectivity index (χ1n) is 8.48. The third-order valence-electron chi connectivity index (χ3n) is 4.48. The molecule has 1 heterocycles. The average molecular weight is 339 g/mol. The molecule has 5 nitrogen and oxygen atoms in total. The number of hydrogen-bond donors (Lipinski definition) is 2. The van der Waals surface area contributed by atoms with Gasteiger partial charge in [-0.1, -0.05) is 18.2 Å². The Balaban J connectivity index is 1.88. The van der Waals surface area contributed by atoms with Crippen molar-refractivity contribution < 1.29 is 9.53 Å². The number of carbonyl (C=O) groups excluding carboxylic acids is 1. The minimum atomic E-state index is -0.389. The van der Waals surface area contributed by atoms with E-state index in [1.54, 1.807) is 0 Å². The molecule has 1 amide bonds. The first-order valence-corrected chi connectivity index (χ1v) is 8.48. The highest BCUT2D eigenvalue weighted by Gasteiger charge is 2.36. The number of amides is 1. The topological polar surface area (TPSA) is 67.6 Å². The molecule has 2 aromatic carbocycles. The lowest BCUT2D eigenvalue weighted by Gasteiger charge is -2.43. The maximum Gasteiger partial charge on any atom is 0.246 e. The van der Waals surface area contributed by atoms with Crippen LogP contribution < -0.4 is 20.7 Å². The van der Waals surface area contributed by atoms with Gasteiger partial charge < -0.3 is 20.7 Å². The first-order chi connectivity index (χ1) is 11.8. The molecule has 5 heteroatoms. The lowest BCUT2D eigenvalue weighted by molar-refractivity contribution is -0.117. The molecule has 1 aliphatic heterocycles. The molecule has 0 fully saturated rings. The van der Waals surface area contributed by atoms with Crippen molar-refractivity contribution in [3.63, 3.8) is 0 Å². The second-order valence-electron chi connectivity index (χ2n) is 7.20. The van der Waals surface area contributed by atoms with Crippen molar-refractivity contribution in [1.82, 2.24) is 0 Å². The normalized spacial score (nSPS) is 16.6. The Morgan fingerprint density at radius 1 is 1.28 bits per heavy atom. The molecular formula is C20H25N3O2. The predicted molar refractivity (Wildman–Crippen MR) is 102 cm³/mol. The van der Waals surface area contributed by atoms with Gasteiger partial charge in [-0.15, -0.1) is 0 Å². The summed E-state index contributed by atoms with van der Waals surface area (Å²) in [4.78, 5) is 14.9. The minimum absolute atomic E-state index is 0.0552. The van der Waals surface area contributed by atoms with E-state index in [0.717, 1.165) is 22.7 Å². The van der Waals surface area contributed by atoms with Crippen molar-refractivity contribution in [3.8, 4) is 5.75 Å². The lowest BCUT2D eigenvalue weighted by atomic mass is 10.0. The van der Waals surface area contributed by atoms with Gasteiger partial charge in [-0.3, -0.25) is 4.79 Å². The fourth-order valence-corrected chi connectivity index (χ4v) is 3.11. The molecular weight excluding hydrogens is 314 g/mol. The monoisotopic (exact) mass is 339 g/mol. The van der Waals surface area contributed by atoms with E-state index in [1.807, 2.05) is 70.2 Å². The van der Waals surface area contributed by atoms with Gasteiger partial charge >= 0.3 is 0 Å². The third kappa shape index (κ3) is 3.55. The quantitative estimate of drug-likeness (QED) is 0.839. The highest BCUT2D eigenvalue weighted by atomic mass is 16.5. The van der Waals surface area contributed by atoms with Crippen LogP contribution >= 0.6 is 0 Å². The van der Waals surface area contributed by atoms with Crippen LogP contribution in [0.5, 0.6) is 5.75 Å². The van der Waals surface area contributed by atoms with E-state index in [4.69, 9.17) is 10.5 Å². The molecule has 0 aromatic heterocycles. The van der Waals surface area contributed by atoms with Gasteiger partial charge in [-0.25, -0.2) is 0 Å². The molecule has 0 radical (unpaired) electrons. The van der Waals surface area contributed by atoms with Crippen LogP contribution in [0.2, 0.25) is 0 Å². The summed E-state index contributed by atoms with van der Waals surface area (Å²) in [7, 11) is 0. The Bertz CT molecular complexity index is 801. The number of fused-ring (bicyclic) bond motifs is 1. The SMILES string of the molecule is Cc1ccccc1NC(=O)C(C)N1CC(C)(C)Oc2ccc(N)cc21. The smallest absolute Gasteiger partial charge is 0.246 e. The molecule has 2 aromatic rings. The van der Waals surface area contributed by atoms with Gasteiger partial charge in [0.2, 0.25) is 5.91 Å². The van der Waals surface area contributed by atoms with Gasteiger partial charge in [0.1, 0.15) is 17.4 Å². The molecule has 0 spiro atoms. The second-order valence-corrected chi connectivity index (χ2v) is 7.20. The van der Waals surface area contributed by atoms with Crippen molar-refractivity contribution in [3.05, 3.63) is 48.0 Å². The summed E-state index contributed by atoms with van der Waals surface area (Å²) in [5.74, 6) is 0.696. The standard InChI is InChI=1S/C20H25N3O2/c1-13-7-5-6-8-16(13)22-19(24)14(2)23-12-20(3,4)25-18-10-9-15(21)11-17(18)23/h5-11,14H,12,21H2,1-4H3,(H,22,24). The van der Waals surface area contributed by atoms with Crippen molar-refractivity contribution in [2.75, 3.05) is 22.5 Å². The van der Waals surface area contributed by atoms with Crippen LogP contribution in [-0.2, 0) is 4.79 Å². The predicted octanol–water partition coefficient (Wildman–Crippen LogP) is 3.58. The van der Waals surface area contributed by atoms with Gasteiger partial charge in [0.25, 0.3) is 0 Å². The van der Waals surface area contributed by atoms with Crippen LogP contribution in [0.15, 0.2) is 42.5 Å². The highest BCUT2D eigenvalue weighted by Crippen LogP contribution is 2.39. The van der Waals surface area contributed by atoms with Crippen LogP contribution in [0, 0.1) is 6.92 Å². The Morgan fingerprint density at radius 2 is 2.00 bits per heavy atom. The number of para-hydroxylation sites is 1. The number of nitrogen functional groups attached to an aromatic ring is 1. The first kappa shape index (κ1) is 17.1. The van der Waals surface area contributed by atoms with E-state index in [2.05, 4.69) is 10.2 Å². The summed E-state index contributed by atoms with van der Waals surface area (Å²) >= 11 is 0. The highest BCUT2D eigenvalue weighted by molar-refractivity contribution is 5.97. The van der Waals surface area contributed by atoms with Crippen LogP contribution in [0.25, 0.3) is 0 Å². The number of nitrogens with one attached hydrogen (secondary N) is 1. The molecule has 1 atom stereocenters. The van der Waals surface area contributed by atoms with E-state index in [-0.39, 0.29) is 17.6 Å². The molecule has 1 aliphatic rings. The summed E-state index contributed by atoms with van der Waals surface area (Å²) in [5.41, 5.74) is 8.94. The minimum Gasteiger partial charge on any atom is -0.484 e. The summed E-state index contributed by atoms with van der Waals surface area (Å²) in [6, 6.07) is 13.0. The van der Waals surface area contributed by atoms with Crippen molar-refractivity contribution in [1.29, 1.82) is 0 Å². The molecule has 0 bridgehead atoms. The van der Waals surface area contributed by atoms with Gasteiger partial charge in [0.05, 0.1) is 12.2 Å². The van der Waals surface area contributed by atoms with E-state index in [0.29, 0.717) is 12.2 Å². The zero-order chi connectivity index (χ0) is 18.2. The Kier molecular flexibility index (Phi) is 4.33. The number of rotatable bonds is 3.